The van der Waals surface area contributed by atoms with E-state index in [0.29, 0.717) is 13.0 Å². The number of nitrogens with zero attached hydrogens (tertiary/aromatic N) is 2. The minimum atomic E-state index is 0.0905. The second-order valence-electron chi connectivity index (χ2n) is 8.33. The van der Waals surface area contributed by atoms with Gasteiger partial charge in [0, 0.05) is 60.5 Å². The fourth-order valence-electron chi connectivity index (χ4n) is 4.48. The van der Waals surface area contributed by atoms with Crippen molar-refractivity contribution in [1.29, 1.82) is 0 Å². The van der Waals surface area contributed by atoms with E-state index in [-0.39, 0.29) is 5.91 Å². The average Bonchev–Trinajstić information content (AvgIpc) is 3.28. The highest BCUT2D eigenvalue weighted by Crippen LogP contribution is 2.29. The number of benzene rings is 1. The zero-order valence-electron chi connectivity index (χ0n) is 18.9. The number of aryl methyl sites for hydroxylation is 1. The smallest absolute Gasteiger partial charge is 0.224 e. The summed E-state index contributed by atoms with van der Waals surface area (Å²) in [5.74, 6) is 0.929. The molecule has 1 aromatic carbocycles. The maximum absolute atomic E-state index is 11.6. The summed E-state index contributed by atoms with van der Waals surface area (Å²) in [5, 5.41) is 5.09. The Bertz CT molecular complexity index is 973. The number of hydrogen-bond donors (Lipinski definition) is 1. The number of nitrogens with one attached hydrogen (secondary N) is 1. The van der Waals surface area contributed by atoms with Gasteiger partial charge in [-0.2, -0.15) is 0 Å². The first-order chi connectivity index (χ1) is 15.7. The van der Waals surface area contributed by atoms with Crippen LogP contribution in [0.15, 0.2) is 42.3 Å². The summed E-state index contributed by atoms with van der Waals surface area (Å²) >= 11 is 1.75. The summed E-state index contributed by atoms with van der Waals surface area (Å²) in [5.41, 5.74) is 4.73. The van der Waals surface area contributed by atoms with Crippen LogP contribution in [0.1, 0.15) is 42.2 Å². The highest BCUT2D eigenvalue weighted by Gasteiger charge is 2.20. The monoisotopic (exact) mass is 451 g/mol. The van der Waals surface area contributed by atoms with Crippen molar-refractivity contribution in [1.82, 2.24) is 9.80 Å². The molecular weight excluding hydrogens is 418 g/mol. The van der Waals surface area contributed by atoms with Crippen molar-refractivity contribution in [2.24, 2.45) is 0 Å². The lowest BCUT2D eigenvalue weighted by molar-refractivity contribution is -0.116. The molecule has 2 aliphatic rings. The highest BCUT2D eigenvalue weighted by molar-refractivity contribution is 7.11. The van der Waals surface area contributed by atoms with Gasteiger partial charge in [-0.25, -0.2) is 0 Å². The lowest BCUT2D eigenvalue weighted by Gasteiger charge is -2.37. The van der Waals surface area contributed by atoms with Crippen LogP contribution >= 0.6 is 11.3 Å². The minimum absolute atomic E-state index is 0.0905. The molecule has 1 N–H and O–H groups in total. The number of allylic oxidation sites excluding steroid dienone is 1. The van der Waals surface area contributed by atoms with Crippen molar-refractivity contribution in [3.05, 3.63) is 58.3 Å². The van der Waals surface area contributed by atoms with Crippen LogP contribution in [-0.4, -0.2) is 55.0 Å². The Labute approximate surface area is 195 Å². The number of thiophene rings is 1. The molecule has 6 heteroatoms. The number of amides is 1. The summed E-state index contributed by atoms with van der Waals surface area (Å²) in [7, 11) is 0. The van der Waals surface area contributed by atoms with Gasteiger partial charge >= 0.3 is 0 Å². The Kier molecular flexibility index (Phi) is 7.66. The number of unbranched alkanes of at least 4 members (excludes halogenated alkanes) is 1. The Morgan fingerprint density at radius 1 is 1.19 bits per heavy atom. The number of hydrogen-bond acceptors (Lipinski definition) is 5. The van der Waals surface area contributed by atoms with Gasteiger partial charge in [-0.15, -0.1) is 11.3 Å². The molecule has 0 unspecified atom stereocenters. The molecule has 3 heterocycles. The number of piperazine rings is 1. The fourth-order valence-corrected chi connectivity index (χ4v) is 5.23. The molecule has 1 amide bonds. The van der Waals surface area contributed by atoms with Crippen molar-refractivity contribution in [2.75, 3.05) is 44.6 Å². The van der Waals surface area contributed by atoms with E-state index in [4.69, 9.17) is 4.74 Å². The van der Waals surface area contributed by atoms with Crippen LogP contribution < -0.4 is 10.1 Å². The van der Waals surface area contributed by atoms with Crippen molar-refractivity contribution in [3.63, 3.8) is 0 Å². The third-order valence-electron chi connectivity index (χ3n) is 6.26. The number of rotatable bonds is 9. The summed E-state index contributed by atoms with van der Waals surface area (Å²) in [6, 6.07) is 8.24. The van der Waals surface area contributed by atoms with Crippen LogP contribution in [0, 0.1) is 0 Å². The van der Waals surface area contributed by atoms with Crippen LogP contribution in [0.4, 0.5) is 5.69 Å². The molecule has 0 spiro atoms. The predicted octanol–water partition coefficient (Wildman–Crippen LogP) is 5.11. The molecule has 4 rings (SSSR count). The Morgan fingerprint density at radius 3 is 2.81 bits per heavy atom. The third-order valence-corrected chi connectivity index (χ3v) is 7.17. The van der Waals surface area contributed by atoms with Gasteiger partial charge in [0.1, 0.15) is 5.75 Å². The van der Waals surface area contributed by atoms with Crippen molar-refractivity contribution >= 4 is 34.7 Å². The lowest BCUT2D eigenvalue weighted by Crippen LogP contribution is -2.45. The molecule has 170 valence electrons. The molecular formula is C26H33N3O2S. The van der Waals surface area contributed by atoms with E-state index < -0.39 is 0 Å². The van der Waals surface area contributed by atoms with Crippen molar-refractivity contribution in [2.45, 2.75) is 32.6 Å². The second-order valence-corrected chi connectivity index (χ2v) is 9.28. The Hall–Kier alpha value is -2.57. The van der Waals surface area contributed by atoms with E-state index in [9.17, 15) is 4.79 Å². The maximum atomic E-state index is 11.6. The topological polar surface area (TPSA) is 44.8 Å². The van der Waals surface area contributed by atoms with Gasteiger partial charge in [-0.3, -0.25) is 9.69 Å². The average molecular weight is 452 g/mol. The van der Waals surface area contributed by atoms with E-state index >= 15 is 0 Å². The molecule has 2 aromatic rings. The lowest BCUT2D eigenvalue weighted by atomic mass is 10.0. The zero-order chi connectivity index (χ0) is 22.3. The van der Waals surface area contributed by atoms with E-state index in [1.165, 1.54) is 21.7 Å². The van der Waals surface area contributed by atoms with E-state index in [2.05, 4.69) is 52.2 Å². The van der Waals surface area contributed by atoms with Gasteiger partial charge < -0.3 is 15.0 Å². The SMILES string of the molecule is C=Cc1sccc1/C(=C\C)N1CCN(CCCCOc2ccc3c(c2)NC(=O)CC3)CC1. The van der Waals surface area contributed by atoms with Crippen LogP contribution in [0.2, 0.25) is 0 Å². The van der Waals surface area contributed by atoms with Crippen molar-refractivity contribution in [3.8, 4) is 5.75 Å². The fraction of sp³-hybridized carbons (Fsp3) is 0.423. The Balaban J connectivity index is 1.16. The van der Waals surface area contributed by atoms with Crippen LogP contribution in [-0.2, 0) is 11.2 Å². The number of carbonyl (C=O) groups excluding carboxylic acids is 1. The van der Waals surface area contributed by atoms with Gasteiger partial charge in [0.25, 0.3) is 0 Å². The van der Waals surface area contributed by atoms with Crippen LogP contribution in [0.25, 0.3) is 11.8 Å². The van der Waals surface area contributed by atoms with Gasteiger partial charge in [-0.05, 0) is 55.8 Å². The normalized spacial score (nSPS) is 17.1. The quantitative estimate of drug-likeness (QED) is 0.538. The first kappa shape index (κ1) is 22.6. The first-order valence-electron chi connectivity index (χ1n) is 11.6. The molecule has 0 atom stereocenters. The first-order valence-corrected chi connectivity index (χ1v) is 12.5. The standard InChI is InChI=1S/C26H33N3O2S/c1-3-24(22-11-18-32-25(22)4-2)29-15-13-28(14-16-29)12-5-6-17-31-21-9-7-20-8-10-26(30)27-23(20)19-21/h3-4,7,9,11,18-19H,2,5-6,8,10,12-17H2,1H3,(H,27,30)/b24-3+. The molecule has 1 aromatic heterocycles. The molecule has 1 fully saturated rings. The van der Waals surface area contributed by atoms with Crippen LogP contribution in [0.5, 0.6) is 5.75 Å². The van der Waals surface area contributed by atoms with Crippen molar-refractivity contribution < 1.29 is 9.53 Å². The van der Waals surface area contributed by atoms with E-state index in [1.54, 1.807) is 11.3 Å². The summed E-state index contributed by atoms with van der Waals surface area (Å²) in [6.07, 6.45) is 7.73. The summed E-state index contributed by atoms with van der Waals surface area (Å²) in [6.45, 7) is 12.2. The van der Waals surface area contributed by atoms with Gasteiger partial charge in [-0.1, -0.05) is 24.8 Å². The molecule has 1 saturated heterocycles. The maximum Gasteiger partial charge on any atom is 0.224 e. The molecule has 0 bridgehead atoms. The Morgan fingerprint density at radius 2 is 2.03 bits per heavy atom. The zero-order valence-corrected chi connectivity index (χ0v) is 19.8. The van der Waals surface area contributed by atoms with Gasteiger partial charge in [0.15, 0.2) is 0 Å². The third kappa shape index (κ3) is 5.43. The minimum Gasteiger partial charge on any atom is -0.494 e. The highest BCUT2D eigenvalue weighted by atomic mass is 32.1. The van der Waals surface area contributed by atoms with Crippen LogP contribution in [0.3, 0.4) is 0 Å². The van der Waals surface area contributed by atoms with Gasteiger partial charge in [0.2, 0.25) is 5.91 Å². The summed E-state index contributed by atoms with van der Waals surface area (Å²) in [4.78, 5) is 17.9. The number of ether oxygens (including phenoxy) is 1. The largest absolute Gasteiger partial charge is 0.494 e. The molecule has 0 aliphatic carbocycles. The number of fused-ring (bicyclic) bond motifs is 1. The predicted molar refractivity (Wildman–Crippen MR) is 134 cm³/mol. The molecule has 5 nitrogen and oxygen atoms in total. The molecule has 0 radical (unpaired) electrons. The number of anilines is 1. The molecule has 2 aliphatic heterocycles. The number of carbonyl (C=O) groups is 1. The molecule has 0 saturated carbocycles. The summed E-state index contributed by atoms with van der Waals surface area (Å²) < 4.78 is 5.93. The van der Waals surface area contributed by atoms with E-state index in [1.807, 2.05) is 18.2 Å². The van der Waals surface area contributed by atoms with E-state index in [0.717, 1.165) is 63.4 Å². The molecule has 32 heavy (non-hydrogen) atoms. The van der Waals surface area contributed by atoms with Gasteiger partial charge in [0.05, 0.1) is 6.61 Å². The second kappa shape index (κ2) is 10.8.